The van der Waals surface area contributed by atoms with Gasteiger partial charge in [0.2, 0.25) is 5.91 Å². The van der Waals surface area contributed by atoms with Crippen molar-refractivity contribution in [2.24, 2.45) is 0 Å². The van der Waals surface area contributed by atoms with Gasteiger partial charge in [-0.15, -0.1) is 0 Å². The fourth-order valence-electron chi connectivity index (χ4n) is 7.36. The molecule has 0 aromatic rings. The lowest BCUT2D eigenvalue weighted by molar-refractivity contribution is -0.132. The molecule has 0 radical (unpaired) electrons. The molecule has 6 heteroatoms. The Labute approximate surface area is 335 Å². The van der Waals surface area contributed by atoms with Crippen LogP contribution in [0.4, 0.5) is 0 Å². The number of unbranched alkanes of at least 4 members (excludes halogenated alkanes) is 30. The van der Waals surface area contributed by atoms with E-state index in [1.807, 2.05) is 0 Å². The van der Waals surface area contributed by atoms with Crippen molar-refractivity contribution >= 4 is 5.91 Å². The van der Waals surface area contributed by atoms with Crippen molar-refractivity contribution in [1.29, 1.82) is 0 Å². The monoisotopic (exact) mass is 764 g/mol. The summed E-state index contributed by atoms with van der Waals surface area (Å²) >= 11 is 0. The highest BCUT2D eigenvalue weighted by Crippen LogP contribution is 2.16. The summed E-state index contributed by atoms with van der Waals surface area (Å²) in [6.45, 7) is 4.05. The molecular formula is C48H93NO5. The molecule has 0 saturated carbocycles. The molecule has 0 spiro atoms. The second-order valence-corrected chi connectivity index (χ2v) is 16.4. The van der Waals surface area contributed by atoms with Gasteiger partial charge in [0.05, 0.1) is 18.8 Å². The number of amides is 1. The minimum atomic E-state index is -1.29. The number of allylic oxidation sites excluding steroid dienone is 4. The summed E-state index contributed by atoms with van der Waals surface area (Å²) in [6, 6.07) is -1.00. The third kappa shape index (κ3) is 36.4. The summed E-state index contributed by atoms with van der Waals surface area (Å²) in [7, 11) is 0. The molecule has 5 N–H and O–H groups in total. The Morgan fingerprint density at radius 1 is 0.444 bits per heavy atom. The molecule has 0 aliphatic carbocycles. The lowest BCUT2D eigenvalue weighted by atomic mass is 10.00. The molecule has 0 aromatic carbocycles. The van der Waals surface area contributed by atoms with E-state index >= 15 is 0 Å². The van der Waals surface area contributed by atoms with Crippen molar-refractivity contribution in [3.63, 3.8) is 0 Å². The number of carbonyl (C=O) groups is 1. The first kappa shape index (κ1) is 52.8. The highest BCUT2D eigenvalue weighted by molar-refractivity contribution is 5.80. The lowest BCUT2D eigenvalue weighted by Crippen LogP contribution is -2.53. The van der Waals surface area contributed by atoms with Crippen LogP contribution in [0.25, 0.3) is 0 Å². The van der Waals surface area contributed by atoms with Gasteiger partial charge < -0.3 is 25.7 Å². The largest absolute Gasteiger partial charge is 0.394 e. The van der Waals surface area contributed by atoms with Gasteiger partial charge in [0.25, 0.3) is 0 Å². The van der Waals surface area contributed by atoms with Crippen molar-refractivity contribution in [3.8, 4) is 0 Å². The van der Waals surface area contributed by atoms with Crippen LogP contribution in [0.5, 0.6) is 0 Å². The van der Waals surface area contributed by atoms with Crippen LogP contribution in [0, 0.1) is 0 Å². The second-order valence-electron chi connectivity index (χ2n) is 16.4. The first-order valence-electron chi connectivity index (χ1n) is 23.7. The standard InChI is InChI=1S/C48H93NO5/c1-3-5-7-9-11-13-15-17-19-20-21-22-23-24-25-26-27-28-30-31-33-35-37-39-41-45(51)47(53)44(43-50)49-48(54)46(52)42-40-38-36-34-32-29-18-16-14-12-10-8-6-4-2/h27-28,33,35,44-47,50-53H,3-26,29-32,34,36-43H2,1-2H3,(H,49,54)/b28-27+,35-33+. The van der Waals surface area contributed by atoms with E-state index < -0.39 is 36.9 Å². The predicted octanol–water partition coefficient (Wildman–Crippen LogP) is 12.7. The Hall–Kier alpha value is -1.21. The molecule has 0 bridgehead atoms. The van der Waals surface area contributed by atoms with Crippen molar-refractivity contribution in [3.05, 3.63) is 24.3 Å². The van der Waals surface area contributed by atoms with Crippen LogP contribution in [0.1, 0.15) is 245 Å². The predicted molar refractivity (Wildman–Crippen MR) is 233 cm³/mol. The number of nitrogens with one attached hydrogen (secondary N) is 1. The summed E-state index contributed by atoms with van der Waals surface area (Å²) in [6.07, 6.45) is 49.4. The molecule has 320 valence electrons. The molecule has 0 fully saturated rings. The highest BCUT2D eigenvalue weighted by atomic mass is 16.3. The maximum Gasteiger partial charge on any atom is 0.249 e. The molecule has 0 aliphatic rings. The number of hydrogen-bond acceptors (Lipinski definition) is 5. The van der Waals surface area contributed by atoms with E-state index in [4.69, 9.17) is 0 Å². The summed E-state index contributed by atoms with van der Waals surface area (Å²) in [5.41, 5.74) is 0. The molecule has 4 unspecified atom stereocenters. The molecule has 1 amide bonds. The summed E-state index contributed by atoms with van der Waals surface area (Å²) in [5, 5.41) is 43.7. The minimum Gasteiger partial charge on any atom is -0.394 e. The number of rotatable bonds is 43. The molecule has 6 nitrogen and oxygen atoms in total. The smallest absolute Gasteiger partial charge is 0.249 e. The van der Waals surface area contributed by atoms with Crippen molar-refractivity contribution in [1.82, 2.24) is 5.32 Å². The maximum atomic E-state index is 12.5. The third-order valence-electron chi connectivity index (χ3n) is 11.1. The maximum absolute atomic E-state index is 12.5. The Bertz CT molecular complexity index is 817. The van der Waals surface area contributed by atoms with E-state index in [9.17, 15) is 25.2 Å². The van der Waals surface area contributed by atoms with Gasteiger partial charge in [0, 0.05) is 0 Å². The van der Waals surface area contributed by atoms with E-state index in [1.54, 1.807) is 0 Å². The molecule has 0 heterocycles. The Kier molecular flexibility index (Phi) is 42.0. The minimum absolute atomic E-state index is 0.363. The van der Waals surface area contributed by atoms with Gasteiger partial charge in [-0.25, -0.2) is 0 Å². The SMILES string of the molecule is CCCCCCCCCCCCCCCCC/C=C/CC/C=C/CCCC(O)C(O)C(CO)NC(=O)C(O)CCCCCCCCCCCCCCCC. The first-order valence-corrected chi connectivity index (χ1v) is 23.7. The van der Waals surface area contributed by atoms with Crippen LogP contribution in [0.2, 0.25) is 0 Å². The van der Waals surface area contributed by atoms with E-state index in [1.165, 1.54) is 173 Å². The molecule has 54 heavy (non-hydrogen) atoms. The molecule has 0 rings (SSSR count). The van der Waals surface area contributed by atoms with Gasteiger partial charge in [-0.05, 0) is 51.4 Å². The van der Waals surface area contributed by atoms with Gasteiger partial charge in [0.15, 0.2) is 0 Å². The second kappa shape index (κ2) is 42.9. The lowest BCUT2D eigenvalue weighted by Gasteiger charge is -2.27. The van der Waals surface area contributed by atoms with Crippen LogP contribution >= 0.6 is 0 Å². The average molecular weight is 764 g/mol. The topological polar surface area (TPSA) is 110 Å². The van der Waals surface area contributed by atoms with Crippen molar-refractivity contribution < 1.29 is 25.2 Å². The van der Waals surface area contributed by atoms with Gasteiger partial charge in [-0.3, -0.25) is 4.79 Å². The zero-order valence-electron chi connectivity index (χ0n) is 36.0. The zero-order valence-corrected chi connectivity index (χ0v) is 36.0. The Morgan fingerprint density at radius 2 is 0.778 bits per heavy atom. The number of aliphatic hydroxyl groups excluding tert-OH is 4. The Balaban J connectivity index is 3.74. The van der Waals surface area contributed by atoms with E-state index in [2.05, 4.69) is 43.5 Å². The van der Waals surface area contributed by atoms with Crippen LogP contribution in [-0.4, -0.2) is 57.3 Å². The van der Waals surface area contributed by atoms with Crippen LogP contribution in [0.15, 0.2) is 24.3 Å². The first-order chi connectivity index (χ1) is 26.5. The molecule has 4 atom stereocenters. The number of carbonyl (C=O) groups excluding carboxylic acids is 1. The van der Waals surface area contributed by atoms with Crippen LogP contribution in [-0.2, 0) is 4.79 Å². The van der Waals surface area contributed by atoms with Gasteiger partial charge in [0.1, 0.15) is 12.2 Å². The average Bonchev–Trinajstić information content (AvgIpc) is 3.18. The van der Waals surface area contributed by atoms with Crippen LogP contribution in [0.3, 0.4) is 0 Å². The number of aliphatic hydroxyl groups is 4. The third-order valence-corrected chi connectivity index (χ3v) is 11.1. The van der Waals surface area contributed by atoms with E-state index in [-0.39, 0.29) is 0 Å². The van der Waals surface area contributed by atoms with Crippen LogP contribution < -0.4 is 5.32 Å². The van der Waals surface area contributed by atoms with Crippen molar-refractivity contribution in [2.45, 2.75) is 269 Å². The summed E-state index contributed by atoms with van der Waals surface area (Å²) in [4.78, 5) is 12.5. The highest BCUT2D eigenvalue weighted by Gasteiger charge is 2.28. The van der Waals surface area contributed by atoms with Gasteiger partial charge >= 0.3 is 0 Å². The quantitative estimate of drug-likeness (QED) is 0.0314. The molecular weight excluding hydrogens is 671 g/mol. The normalized spacial score (nSPS) is 14.3. The van der Waals surface area contributed by atoms with Gasteiger partial charge in [-0.2, -0.15) is 0 Å². The summed E-state index contributed by atoms with van der Waals surface area (Å²) < 4.78 is 0. The molecule has 0 saturated heterocycles. The fourth-order valence-corrected chi connectivity index (χ4v) is 7.36. The van der Waals surface area contributed by atoms with E-state index in [0.29, 0.717) is 19.3 Å². The molecule has 0 aliphatic heterocycles. The number of hydrogen-bond donors (Lipinski definition) is 5. The van der Waals surface area contributed by atoms with Crippen molar-refractivity contribution in [2.75, 3.05) is 6.61 Å². The Morgan fingerprint density at radius 3 is 1.17 bits per heavy atom. The van der Waals surface area contributed by atoms with E-state index in [0.717, 1.165) is 38.5 Å². The fraction of sp³-hybridized carbons (Fsp3) is 0.896. The zero-order chi connectivity index (χ0) is 39.6. The molecule has 0 aromatic heterocycles. The summed E-state index contributed by atoms with van der Waals surface area (Å²) in [5.74, 6) is -0.596. The van der Waals surface area contributed by atoms with Gasteiger partial charge in [-0.1, -0.05) is 218 Å².